The summed E-state index contributed by atoms with van der Waals surface area (Å²) in [6.07, 6.45) is -0.657. The minimum Gasteiger partial charge on any atom is -0.477 e. The van der Waals surface area contributed by atoms with Crippen molar-refractivity contribution in [3.05, 3.63) is 11.3 Å². The van der Waals surface area contributed by atoms with Gasteiger partial charge in [0.1, 0.15) is 11.7 Å². The summed E-state index contributed by atoms with van der Waals surface area (Å²) in [5, 5.41) is 8.96. The normalized spacial score (nSPS) is 30.0. The van der Waals surface area contributed by atoms with Crippen molar-refractivity contribution >= 4 is 23.5 Å². The van der Waals surface area contributed by atoms with E-state index < -0.39 is 24.1 Å². The van der Waals surface area contributed by atoms with Crippen LogP contribution in [0.3, 0.4) is 0 Å². The van der Waals surface area contributed by atoms with Crippen LogP contribution in [0.1, 0.15) is 0 Å². The molecule has 0 unspecified atom stereocenters. The average Bonchev–Trinajstić information content (AvgIpc) is 2.25. The van der Waals surface area contributed by atoms with Gasteiger partial charge in [0.2, 0.25) is 0 Å². The number of hydrogen-bond donors (Lipinski definition) is 2. The largest absolute Gasteiger partial charge is 0.477 e. The van der Waals surface area contributed by atoms with Crippen LogP contribution in [0.5, 0.6) is 0 Å². The van der Waals surface area contributed by atoms with Crippen LogP contribution in [-0.4, -0.2) is 46.6 Å². The number of carboxylic acid groups (broad SMARTS) is 1. The molecule has 0 spiro atoms. The number of β-lactam (4-membered cyclic amide) rings is 1. The summed E-state index contributed by atoms with van der Waals surface area (Å²) in [6.45, 7) is 0.104. The quantitative estimate of drug-likeness (QED) is 0.475. The number of rotatable bonds is 2. The first-order valence-electron chi connectivity index (χ1n) is 4.29. The van der Waals surface area contributed by atoms with E-state index in [1.807, 2.05) is 0 Å². The van der Waals surface area contributed by atoms with Crippen molar-refractivity contribution in [1.29, 1.82) is 0 Å². The number of nitrogens with zero attached hydrogens (tertiary/aromatic N) is 1. The van der Waals surface area contributed by atoms with Crippen LogP contribution in [0.2, 0.25) is 0 Å². The molecule has 2 atom stereocenters. The summed E-state index contributed by atoms with van der Waals surface area (Å²) >= 11 is 5.57. The Morgan fingerprint density at radius 2 is 2.40 bits per heavy atom. The predicted octanol–water partition coefficient (Wildman–Crippen LogP) is -0.910. The van der Waals surface area contributed by atoms with E-state index in [0.29, 0.717) is 5.57 Å². The van der Waals surface area contributed by atoms with E-state index in [1.165, 1.54) is 0 Å². The Morgan fingerprint density at radius 1 is 1.73 bits per heavy atom. The van der Waals surface area contributed by atoms with Gasteiger partial charge in [-0.25, -0.2) is 4.79 Å². The minimum atomic E-state index is -1.18. The van der Waals surface area contributed by atoms with E-state index >= 15 is 0 Å². The van der Waals surface area contributed by atoms with Crippen molar-refractivity contribution in [2.75, 3.05) is 12.5 Å². The van der Waals surface area contributed by atoms with Crippen LogP contribution in [0, 0.1) is 0 Å². The van der Waals surface area contributed by atoms with Gasteiger partial charge >= 0.3 is 5.97 Å². The number of amides is 1. The predicted molar refractivity (Wildman–Crippen MR) is 49.9 cm³/mol. The minimum absolute atomic E-state index is 0.0212. The zero-order valence-electron chi connectivity index (χ0n) is 7.64. The number of carbonyl (C=O) groups excluding carboxylic acids is 1. The molecule has 0 aromatic heterocycles. The van der Waals surface area contributed by atoms with Gasteiger partial charge in [0, 0.05) is 11.5 Å². The second-order valence-corrected chi connectivity index (χ2v) is 3.59. The Morgan fingerprint density at radius 3 is 2.93 bits per heavy atom. The fraction of sp³-hybridized carbons (Fsp3) is 0.500. The highest BCUT2D eigenvalue weighted by Gasteiger charge is 2.52. The average molecular weight is 233 g/mol. The van der Waals surface area contributed by atoms with Gasteiger partial charge in [-0.05, 0) is 0 Å². The van der Waals surface area contributed by atoms with Crippen molar-refractivity contribution in [2.24, 2.45) is 5.73 Å². The van der Waals surface area contributed by atoms with E-state index in [-0.39, 0.29) is 18.2 Å². The molecule has 0 bridgehead atoms. The maximum Gasteiger partial charge on any atom is 0.352 e. The van der Waals surface area contributed by atoms with Gasteiger partial charge in [-0.3, -0.25) is 9.69 Å². The molecule has 2 rings (SSSR count). The lowest BCUT2D eigenvalue weighted by molar-refractivity contribution is -0.180. The zero-order valence-corrected chi connectivity index (χ0v) is 8.40. The highest BCUT2D eigenvalue weighted by Crippen LogP contribution is 2.31. The van der Waals surface area contributed by atoms with Crippen molar-refractivity contribution in [1.82, 2.24) is 4.90 Å². The maximum atomic E-state index is 11.4. The summed E-state index contributed by atoms with van der Waals surface area (Å²) in [5.74, 6) is -1.60. The maximum absolute atomic E-state index is 11.4. The first-order chi connectivity index (χ1) is 7.07. The molecule has 0 aromatic rings. The van der Waals surface area contributed by atoms with Crippen LogP contribution >= 0.6 is 11.6 Å². The molecule has 3 N–H and O–H groups in total. The number of aliphatic carboxylic acids is 1. The van der Waals surface area contributed by atoms with Crippen molar-refractivity contribution in [3.63, 3.8) is 0 Å². The number of carbonyl (C=O) groups is 2. The number of alkyl halides is 1. The Kier molecular flexibility index (Phi) is 2.41. The van der Waals surface area contributed by atoms with Gasteiger partial charge in [0.25, 0.3) is 5.91 Å². The number of hydrogen-bond acceptors (Lipinski definition) is 4. The molecular formula is C8H9ClN2O4. The SMILES string of the molecule is N[C@@H]1C(=O)N2C(C(=O)O)=C(CCl)CO[C@H]12. The van der Waals surface area contributed by atoms with Gasteiger partial charge < -0.3 is 15.6 Å². The third-order valence-corrected chi connectivity index (χ3v) is 2.77. The first kappa shape index (κ1) is 10.4. The van der Waals surface area contributed by atoms with Crippen molar-refractivity contribution < 1.29 is 19.4 Å². The molecule has 1 amide bonds. The third-order valence-electron chi connectivity index (χ3n) is 2.45. The monoisotopic (exact) mass is 232 g/mol. The molecule has 1 fully saturated rings. The molecule has 0 saturated carbocycles. The van der Waals surface area contributed by atoms with Crippen LogP contribution < -0.4 is 5.73 Å². The lowest BCUT2D eigenvalue weighted by atomic mass is 10.0. The molecular weight excluding hydrogens is 224 g/mol. The van der Waals surface area contributed by atoms with Crippen LogP contribution in [0.4, 0.5) is 0 Å². The smallest absolute Gasteiger partial charge is 0.352 e. The highest BCUT2D eigenvalue weighted by molar-refractivity contribution is 6.20. The molecule has 2 aliphatic heterocycles. The van der Waals surface area contributed by atoms with Crippen LogP contribution in [-0.2, 0) is 14.3 Å². The van der Waals surface area contributed by atoms with Gasteiger partial charge in [0.05, 0.1) is 6.61 Å². The molecule has 0 aromatic carbocycles. The van der Waals surface area contributed by atoms with Gasteiger partial charge in [-0.15, -0.1) is 11.6 Å². The van der Waals surface area contributed by atoms with E-state index in [4.69, 9.17) is 27.2 Å². The van der Waals surface area contributed by atoms with E-state index in [1.54, 1.807) is 0 Å². The number of ether oxygens (including phenoxy) is 1. The summed E-state index contributed by atoms with van der Waals surface area (Å²) in [6, 6.07) is -0.767. The molecule has 2 heterocycles. The molecule has 2 aliphatic rings. The second-order valence-electron chi connectivity index (χ2n) is 3.33. The van der Waals surface area contributed by atoms with E-state index in [2.05, 4.69) is 0 Å². The number of carboxylic acids is 1. The topological polar surface area (TPSA) is 92.9 Å². The molecule has 7 heteroatoms. The lowest BCUT2D eigenvalue weighted by Crippen LogP contribution is -2.71. The Bertz CT molecular complexity index is 368. The standard InChI is InChI=1S/C8H9ClN2O4/c9-1-3-2-15-7-4(10)6(12)11(7)5(3)8(13)14/h4,7H,1-2,10H2,(H,13,14)/t4-,7-/m1/s1. The Hall–Kier alpha value is -1.11. The summed E-state index contributed by atoms with van der Waals surface area (Å²) < 4.78 is 5.22. The molecule has 1 saturated heterocycles. The van der Waals surface area contributed by atoms with Gasteiger partial charge in [0.15, 0.2) is 6.23 Å². The fourth-order valence-corrected chi connectivity index (χ4v) is 1.89. The van der Waals surface area contributed by atoms with Gasteiger partial charge in [-0.1, -0.05) is 0 Å². The van der Waals surface area contributed by atoms with E-state index in [0.717, 1.165) is 4.90 Å². The van der Waals surface area contributed by atoms with Gasteiger partial charge in [-0.2, -0.15) is 0 Å². The zero-order chi connectivity index (χ0) is 11.2. The summed E-state index contributed by atoms with van der Waals surface area (Å²) in [4.78, 5) is 23.4. The van der Waals surface area contributed by atoms with Crippen molar-refractivity contribution in [3.8, 4) is 0 Å². The first-order valence-corrected chi connectivity index (χ1v) is 4.83. The number of nitrogens with two attached hydrogens (primary N) is 1. The van der Waals surface area contributed by atoms with Crippen LogP contribution in [0.15, 0.2) is 11.3 Å². The summed E-state index contributed by atoms with van der Waals surface area (Å²) in [5.41, 5.74) is 5.76. The summed E-state index contributed by atoms with van der Waals surface area (Å²) in [7, 11) is 0. The fourth-order valence-electron chi connectivity index (χ4n) is 1.68. The third kappa shape index (κ3) is 1.33. The Labute approximate surface area is 90.2 Å². The number of fused-ring (bicyclic) bond motifs is 1. The Balaban J connectivity index is 2.38. The highest BCUT2D eigenvalue weighted by atomic mass is 35.5. The van der Waals surface area contributed by atoms with Crippen molar-refractivity contribution in [2.45, 2.75) is 12.3 Å². The van der Waals surface area contributed by atoms with Crippen LogP contribution in [0.25, 0.3) is 0 Å². The lowest BCUT2D eigenvalue weighted by Gasteiger charge is -2.47. The molecule has 15 heavy (non-hydrogen) atoms. The molecule has 0 radical (unpaired) electrons. The molecule has 6 nitrogen and oxygen atoms in total. The number of halogens is 1. The van der Waals surface area contributed by atoms with E-state index in [9.17, 15) is 9.59 Å². The second kappa shape index (κ2) is 3.48. The molecule has 82 valence electrons. The molecule has 0 aliphatic carbocycles.